The first-order valence-corrected chi connectivity index (χ1v) is 7.80. The van der Waals surface area contributed by atoms with Gasteiger partial charge in [-0.25, -0.2) is 0 Å². The molecule has 0 bridgehead atoms. The first-order valence-electron chi connectivity index (χ1n) is 7.40. The highest BCUT2D eigenvalue weighted by molar-refractivity contribution is 7.80. The van der Waals surface area contributed by atoms with Crippen molar-refractivity contribution < 1.29 is 4.79 Å². The van der Waals surface area contributed by atoms with Crippen molar-refractivity contribution >= 4 is 35.0 Å². The van der Waals surface area contributed by atoms with Crippen molar-refractivity contribution in [2.24, 2.45) is 5.92 Å². The van der Waals surface area contributed by atoms with Crippen LogP contribution in [-0.4, -0.2) is 48.5 Å². The molecule has 0 unspecified atom stereocenters. The second kappa shape index (κ2) is 6.48. The topological polar surface area (TPSA) is 26.8 Å². The number of thiocarbonyl (C=S) groups is 1. The van der Waals surface area contributed by atoms with Gasteiger partial charge in [-0.15, -0.1) is 0 Å². The van der Waals surface area contributed by atoms with Crippen LogP contribution in [0.3, 0.4) is 0 Å². The van der Waals surface area contributed by atoms with E-state index in [0.717, 1.165) is 11.3 Å². The molecule has 2 rings (SSSR count). The highest BCUT2D eigenvalue weighted by Gasteiger charge is 2.35. The maximum absolute atomic E-state index is 12.6. The summed E-state index contributed by atoms with van der Waals surface area (Å²) in [5, 5.41) is 0.579. The van der Waals surface area contributed by atoms with Gasteiger partial charge < -0.3 is 9.80 Å². The smallest absolute Gasteiger partial charge is 0.276 e. The summed E-state index contributed by atoms with van der Waals surface area (Å²) < 4.78 is 0. The molecule has 0 aliphatic carbocycles. The molecule has 1 heterocycles. The van der Waals surface area contributed by atoms with Crippen LogP contribution in [0.15, 0.2) is 30.0 Å². The van der Waals surface area contributed by atoms with E-state index in [0.29, 0.717) is 23.3 Å². The molecule has 1 saturated heterocycles. The Morgan fingerprint density at radius 3 is 2.32 bits per heavy atom. The number of nitrogens with zero attached hydrogens (tertiary/aromatic N) is 3. The highest BCUT2D eigenvalue weighted by Crippen LogP contribution is 2.23. The summed E-state index contributed by atoms with van der Waals surface area (Å²) in [7, 11) is 5.86. The molecule has 0 saturated carbocycles. The minimum Gasteiger partial charge on any atom is -0.378 e. The van der Waals surface area contributed by atoms with Crippen LogP contribution in [0.4, 0.5) is 5.69 Å². The summed E-state index contributed by atoms with van der Waals surface area (Å²) >= 11 is 5.39. The average Bonchev–Trinajstić information content (AvgIpc) is 2.65. The first kappa shape index (κ1) is 16.5. The Morgan fingerprint density at radius 1 is 1.23 bits per heavy atom. The summed E-state index contributed by atoms with van der Waals surface area (Å²) in [6.45, 7) is 4.81. The van der Waals surface area contributed by atoms with Gasteiger partial charge in [-0.05, 0) is 41.9 Å². The van der Waals surface area contributed by atoms with E-state index >= 15 is 0 Å². The van der Waals surface area contributed by atoms with Crippen molar-refractivity contribution in [2.75, 3.05) is 32.6 Å². The SMILES string of the molecule is CC(C)CN1C(=O)/C(=C\c2ccc(N(C)C)cc2)N(C)C1=S. The van der Waals surface area contributed by atoms with E-state index in [1.807, 2.05) is 56.4 Å². The van der Waals surface area contributed by atoms with E-state index in [4.69, 9.17) is 12.2 Å². The van der Waals surface area contributed by atoms with Crippen molar-refractivity contribution in [2.45, 2.75) is 13.8 Å². The Bertz CT molecular complexity index is 605. The Balaban J connectivity index is 2.27. The van der Waals surface area contributed by atoms with Crippen molar-refractivity contribution in [1.29, 1.82) is 0 Å². The van der Waals surface area contributed by atoms with Crippen LogP contribution in [0.5, 0.6) is 0 Å². The fourth-order valence-corrected chi connectivity index (χ4v) is 2.62. The van der Waals surface area contributed by atoms with E-state index in [9.17, 15) is 4.79 Å². The third kappa shape index (κ3) is 3.30. The minimum atomic E-state index is -0.0158. The molecular formula is C17H23N3OS. The molecule has 1 aliphatic rings. The fraction of sp³-hybridized carbons (Fsp3) is 0.412. The fourth-order valence-electron chi connectivity index (χ4n) is 2.36. The van der Waals surface area contributed by atoms with Gasteiger partial charge in [0.05, 0.1) is 0 Å². The zero-order chi connectivity index (χ0) is 16.4. The van der Waals surface area contributed by atoms with Crippen LogP contribution in [-0.2, 0) is 4.79 Å². The van der Waals surface area contributed by atoms with Gasteiger partial charge in [0.2, 0.25) is 0 Å². The number of amides is 1. The molecule has 1 amide bonds. The third-order valence-corrected chi connectivity index (χ3v) is 4.10. The third-order valence-electron chi connectivity index (χ3n) is 3.60. The molecule has 22 heavy (non-hydrogen) atoms. The predicted octanol–water partition coefficient (Wildman–Crippen LogP) is 2.81. The Hall–Kier alpha value is -1.88. The molecule has 1 aliphatic heterocycles. The molecule has 1 fully saturated rings. The van der Waals surface area contributed by atoms with E-state index in [-0.39, 0.29) is 5.91 Å². The predicted molar refractivity (Wildman–Crippen MR) is 95.7 cm³/mol. The number of carbonyl (C=O) groups excluding carboxylic acids is 1. The second-order valence-electron chi connectivity index (χ2n) is 6.17. The molecule has 118 valence electrons. The van der Waals surface area contributed by atoms with E-state index < -0.39 is 0 Å². The number of benzene rings is 1. The number of anilines is 1. The van der Waals surface area contributed by atoms with Crippen LogP contribution in [0, 0.1) is 5.92 Å². The van der Waals surface area contributed by atoms with Gasteiger partial charge in [0.1, 0.15) is 5.70 Å². The Labute approximate surface area is 138 Å². The van der Waals surface area contributed by atoms with Crippen LogP contribution in [0.25, 0.3) is 6.08 Å². The number of carbonyl (C=O) groups is 1. The van der Waals surface area contributed by atoms with Crippen LogP contribution in [0.2, 0.25) is 0 Å². The summed E-state index contributed by atoms with van der Waals surface area (Å²) in [6, 6.07) is 8.10. The lowest BCUT2D eigenvalue weighted by molar-refractivity contribution is -0.122. The van der Waals surface area contributed by atoms with Gasteiger partial charge >= 0.3 is 0 Å². The van der Waals surface area contributed by atoms with Crippen molar-refractivity contribution in [3.8, 4) is 0 Å². The maximum atomic E-state index is 12.6. The molecule has 4 nitrogen and oxygen atoms in total. The zero-order valence-electron chi connectivity index (χ0n) is 13.8. The number of likely N-dealkylation sites (N-methyl/N-ethyl adjacent to an activating group) is 1. The first-order chi connectivity index (χ1) is 10.3. The molecule has 0 N–H and O–H groups in total. The second-order valence-corrected chi connectivity index (χ2v) is 6.53. The van der Waals surface area contributed by atoms with Gasteiger partial charge in [0.15, 0.2) is 5.11 Å². The van der Waals surface area contributed by atoms with Gasteiger partial charge in [-0.1, -0.05) is 26.0 Å². The average molecular weight is 317 g/mol. The molecule has 0 spiro atoms. The minimum absolute atomic E-state index is 0.0158. The van der Waals surface area contributed by atoms with Gasteiger partial charge in [-0.2, -0.15) is 0 Å². The van der Waals surface area contributed by atoms with Crippen molar-refractivity contribution in [3.63, 3.8) is 0 Å². The normalized spacial score (nSPS) is 17.1. The lowest BCUT2D eigenvalue weighted by Gasteiger charge is -2.18. The van der Waals surface area contributed by atoms with Crippen LogP contribution >= 0.6 is 12.2 Å². The monoisotopic (exact) mass is 317 g/mol. The van der Waals surface area contributed by atoms with Crippen molar-refractivity contribution in [3.05, 3.63) is 35.5 Å². The molecule has 0 aromatic heterocycles. The number of hydrogen-bond donors (Lipinski definition) is 0. The van der Waals surface area contributed by atoms with Gasteiger partial charge in [0.25, 0.3) is 5.91 Å². The Kier molecular flexibility index (Phi) is 4.86. The van der Waals surface area contributed by atoms with Crippen LogP contribution in [0.1, 0.15) is 19.4 Å². The summed E-state index contributed by atoms with van der Waals surface area (Å²) in [4.78, 5) is 18.1. The number of rotatable bonds is 4. The number of hydrogen-bond acceptors (Lipinski definition) is 3. The van der Waals surface area contributed by atoms with E-state index in [1.165, 1.54) is 0 Å². The van der Waals surface area contributed by atoms with Crippen molar-refractivity contribution in [1.82, 2.24) is 9.80 Å². The largest absolute Gasteiger partial charge is 0.378 e. The highest BCUT2D eigenvalue weighted by atomic mass is 32.1. The van der Waals surface area contributed by atoms with E-state index in [2.05, 4.69) is 13.8 Å². The molecular weight excluding hydrogens is 294 g/mol. The zero-order valence-corrected chi connectivity index (χ0v) is 14.6. The van der Waals surface area contributed by atoms with Gasteiger partial charge in [-0.3, -0.25) is 9.69 Å². The lowest BCUT2D eigenvalue weighted by atomic mass is 10.1. The molecule has 5 heteroatoms. The molecule has 0 atom stereocenters. The summed E-state index contributed by atoms with van der Waals surface area (Å²) in [5.74, 6) is 0.368. The Morgan fingerprint density at radius 2 is 1.82 bits per heavy atom. The lowest BCUT2D eigenvalue weighted by Crippen LogP contribution is -2.34. The quantitative estimate of drug-likeness (QED) is 0.630. The van der Waals surface area contributed by atoms with Gasteiger partial charge in [0, 0.05) is 33.4 Å². The molecule has 1 aromatic carbocycles. The summed E-state index contributed by atoms with van der Waals surface area (Å²) in [6.07, 6.45) is 1.90. The van der Waals surface area contributed by atoms with Crippen LogP contribution < -0.4 is 4.90 Å². The standard InChI is InChI=1S/C17H23N3OS/c1-12(2)11-20-16(21)15(19(5)17(20)22)10-13-6-8-14(9-7-13)18(3)4/h6-10,12H,11H2,1-5H3/b15-10+. The van der Waals surface area contributed by atoms with E-state index in [1.54, 1.807) is 9.80 Å². The molecule has 0 radical (unpaired) electrons. The summed E-state index contributed by atoms with van der Waals surface area (Å²) in [5.41, 5.74) is 2.75. The maximum Gasteiger partial charge on any atom is 0.276 e. The molecule has 1 aromatic rings.